The van der Waals surface area contributed by atoms with Gasteiger partial charge < -0.3 is 0 Å². The SMILES string of the molecule is Cc1ccc2nc(N(Cc3ccc4c(c3)CCC4)C(=O)CCl)ccc2c1. The van der Waals surface area contributed by atoms with E-state index < -0.39 is 0 Å². The van der Waals surface area contributed by atoms with Crippen molar-refractivity contribution in [3.05, 3.63) is 70.8 Å². The van der Waals surface area contributed by atoms with Gasteiger partial charge in [-0.3, -0.25) is 9.69 Å². The Kier molecular flexibility index (Phi) is 4.64. The van der Waals surface area contributed by atoms with E-state index in [4.69, 9.17) is 16.6 Å². The molecule has 1 aromatic heterocycles. The zero-order chi connectivity index (χ0) is 18.1. The van der Waals surface area contributed by atoms with Crippen molar-refractivity contribution in [2.75, 3.05) is 10.8 Å². The van der Waals surface area contributed by atoms with Crippen molar-refractivity contribution in [1.82, 2.24) is 4.98 Å². The first kappa shape index (κ1) is 17.0. The van der Waals surface area contributed by atoms with E-state index in [0.29, 0.717) is 12.4 Å². The number of rotatable bonds is 4. The summed E-state index contributed by atoms with van der Waals surface area (Å²) in [6.45, 7) is 2.55. The molecule has 0 radical (unpaired) electrons. The molecule has 0 bridgehead atoms. The average molecular weight is 365 g/mol. The number of hydrogen-bond acceptors (Lipinski definition) is 2. The molecule has 0 saturated heterocycles. The van der Waals surface area contributed by atoms with Crippen LogP contribution in [0, 0.1) is 6.92 Å². The van der Waals surface area contributed by atoms with Gasteiger partial charge in [-0.2, -0.15) is 0 Å². The maximum atomic E-state index is 12.5. The van der Waals surface area contributed by atoms with Crippen molar-refractivity contribution in [2.45, 2.75) is 32.7 Å². The maximum Gasteiger partial charge on any atom is 0.243 e. The summed E-state index contributed by atoms with van der Waals surface area (Å²) in [5, 5.41) is 1.07. The first-order chi connectivity index (χ1) is 12.6. The molecule has 0 aliphatic heterocycles. The van der Waals surface area contributed by atoms with Crippen molar-refractivity contribution < 1.29 is 4.79 Å². The molecule has 0 unspecified atom stereocenters. The lowest BCUT2D eigenvalue weighted by atomic mass is 10.1. The third kappa shape index (κ3) is 3.32. The Morgan fingerprint density at radius 3 is 2.77 bits per heavy atom. The molecule has 132 valence electrons. The standard InChI is InChI=1S/C22H21ClN2O/c1-15-5-9-20-19(11-15)8-10-21(24-20)25(22(26)13-23)14-16-6-7-17-3-2-4-18(17)12-16/h5-12H,2-4,13-14H2,1H3. The number of benzene rings is 2. The number of anilines is 1. The number of carbonyl (C=O) groups is 1. The highest BCUT2D eigenvalue weighted by Crippen LogP contribution is 2.25. The lowest BCUT2D eigenvalue weighted by Crippen LogP contribution is -2.32. The lowest BCUT2D eigenvalue weighted by molar-refractivity contribution is -0.116. The van der Waals surface area contributed by atoms with Gasteiger partial charge in [-0.15, -0.1) is 11.6 Å². The molecule has 0 fully saturated rings. The molecule has 4 rings (SSSR count). The monoisotopic (exact) mass is 364 g/mol. The third-order valence-corrected chi connectivity index (χ3v) is 5.25. The Morgan fingerprint density at radius 1 is 1.08 bits per heavy atom. The Labute approximate surface area is 158 Å². The molecule has 4 heteroatoms. The second kappa shape index (κ2) is 7.08. The van der Waals surface area contributed by atoms with E-state index in [2.05, 4.69) is 31.2 Å². The predicted octanol–water partition coefficient (Wildman–Crippen LogP) is 4.80. The van der Waals surface area contributed by atoms with Crippen molar-refractivity contribution in [3.8, 4) is 0 Å². The van der Waals surface area contributed by atoms with Gasteiger partial charge in [-0.25, -0.2) is 4.98 Å². The highest BCUT2D eigenvalue weighted by Gasteiger charge is 2.18. The summed E-state index contributed by atoms with van der Waals surface area (Å²) in [4.78, 5) is 18.9. The fraction of sp³-hybridized carbons (Fsp3) is 0.273. The van der Waals surface area contributed by atoms with Crippen LogP contribution in [0.15, 0.2) is 48.5 Å². The van der Waals surface area contributed by atoms with Gasteiger partial charge in [0.05, 0.1) is 12.1 Å². The number of carbonyl (C=O) groups excluding carboxylic acids is 1. The summed E-state index contributed by atoms with van der Waals surface area (Å²) in [6, 6.07) is 16.6. The predicted molar refractivity (Wildman–Crippen MR) is 107 cm³/mol. The van der Waals surface area contributed by atoms with Gasteiger partial charge in [-0.1, -0.05) is 29.8 Å². The fourth-order valence-electron chi connectivity index (χ4n) is 3.66. The Bertz CT molecular complexity index is 983. The molecule has 0 atom stereocenters. The van der Waals surface area contributed by atoms with E-state index in [1.165, 1.54) is 23.1 Å². The van der Waals surface area contributed by atoms with Crippen molar-refractivity contribution in [2.24, 2.45) is 0 Å². The minimum atomic E-state index is -0.133. The second-order valence-electron chi connectivity index (χ2n) is 6.94. The largest absolute Gasteiger partial charge is 0.291 e. The summed E-state index contributed by atoms with van der Waals surface area (Å²) in [5.41, 5.74) is 6.04. The highest BCUT2D eigenvalue weighted by atomic mass is 35.5. The summed E-state index contributed by atoms with van der Waals surface area (Å²) in [5.74, 6) is 0.456. The summed E-state index contributed by atoms with van der Waals surface area (Å²) >= 11 is 5.88. The van der Waals surface area contributed by atoms with E-state index >= 15 is 0 Å². The van der Waals surface area contributed by atoms with Gasteiger partial charge in [0.25, 0.3) is 0 Å². The number of aryl methyl sites for hydroxylation is 3. The first-order valence-corrected chi connectivity index (χ1v) is 9.52. The van der Waals surface area contributed by atoms with Crippen LogP contribution < -0.4 is 4.90 Å². The summed E-state index contributed by atoms with van der Waals surface area (Å²) < 4.78 is 0. The van der Waals surface area contributed by atoms with E-state index in [0.717, 1.165) is 29.3 Å². The van der Waals surface area contributed by atoms with Gasteiger partial charge in [0.15, 0.2) is 0 Å². The van der Waals surface area contributed by atoms with Gasteiger partial charge >= 0.3 is 0 Å². The lowest BCUT2D eigenvalue weighted by Gasteiger charge is -2.22. The molecule has 1 heterocycles. The zero-order valence-electron chi connectivity index (χ0n) is 14.8. The van der Waals surface area contributed by atoms with E-state index in [9.17, 15) is 4.79 Å². The van der Waals surface area contributed by atoms with Crippen LogP contribution in [-0.2, 0) is 24.2 Å². The van der Waals surface area contributed by atoms with Crippen molar-refractivity contribution in [3.63, 3.8) is 0 Å². The molecule has 2 aromatic carbocycles. The van der Waals surface area contributed by atoms with Crippen LogP contribution in [0.3, 0.4) is 0 Å². The minimum Gasteiger partial charge on any atom is -0.291 e. The van der Waals surface area contributed by atoms with E-state index in [-0.39, 0.29) is 11.8 Å². The molecule has 1 amide bonds. The van der Waals surface area contributed by atoms with Crippen LogP contribution in [0.25, 0.3) is 10.9 Å². The number of amides is 1. The van der Waals surface area contributed by atoms with Gasteiger partial charge in [-0.05, 0) is 67.1 Å². The van der Waals surface area contributed by atoms with Gasteiger partial charge in [0.1, 0.15) is 11.7 Å². The van der Waals surface area contributed by atoms with Crippen LogP contribution in [0.4, 0.5) is 5.82 Å². The number of hydrogen-bond donors (Lipinski definition) is 0. The van der Waals surface area contributed by atoms with E-state index in [1.807, 2.05) is 24.3 Å². The van der Waals surface area contributed by atoms with Crippen LogP contribution >= 0.6 is 11.6 Å². The number of aromatic nitrogens is 1. The molecule has 1 aliphatic rings. The molecule has 0 saturated carbocycles. The minimum absolute atomic E-state index is 0.0570. The third-order valence-electron chi connectivity index (χ3n) is 5.03. The maximum absolute atomic E-state index is 12.5. The molecule has 3 aromatic rings. The molecule has 3 nitrogen and oxygen atoms in total. The number of pyridine rings is 1. The molecule has 0 spiro atoms. The molecule has 0 N–H and O–H groups in total. The number of nitrogens with zero attached hydrogens (tertiary/aromatic N) is 2. The van der Waals surface area contributed by atoms with Crippen LogP contribution in [0.5, 0.6) is 0 Å². The fourth-order valence-corrected chi connectivity index (χ4v) is 3.80. The molecule has 1 aliphatic carbocycles. The number of halogens is 1. The van der Waals surface area contributed by atoms with Crippen LogP contribution in [0.1, 0.15) is 28.7 Å². The van der Waals surface area contributed by atoms with Crippen LogP contribution in [0.2, 0.25) is 0 Å². The Morgan fingerprint density at radius 2 is 1.92 bits per heavy atom. The number of alkyl halides is 1. The molecular formula is C22H21ClN2O. The Hall–Kier alpha value is -2.39. The van der Waals surface area contributed by atoms with Gasteiger partial charge in [0, 0.05) is 5.39 Å². The average Bonchev–Trinajstić information content (AvgIpc) is 3.13. The van der Waals surface area contributed by atoms with E-state index in [1.54, 1.807) is 4.90 Å². The zero-order valence-corrected chi connectivity index (χ0v) is 15.6. The number of fused-ring (bicyclic) bond motifs is 2. The molecule has 26 heavy (non-hydrogen) atoms. The van der Waals surface area contributed by atoms with Crippen molar-refractivity contribution >= 4 is 34.2 Å². The second-order valence-corrected chi connectivity index (χ2v) is 7.20. The van der Waals surface area contributed by atoms with Crippen LogP contribution in [-0.4, -0.2) is 16.8 Å². The summed E-state index contributed by atoms with van der Waals surface area (Å²) in [6.07, 6.45) is 3.50. The topological polar surface area (TPSA) is 33.2 Å². The normalized spacial score (nSPS) is 13.0. The van der Waals surface area contributed by atoms with Crippen molar-refractivity contribution in [1.29, 1.82) is 0 Å². The quantitative estimate of drug-likeness (QED) is 0.623. The van der Waals surface area contributed by atoms with Gasteiger partial charge in [0.2, 0.25) is 5.91 Å². The Balaban J connectivity index is 1.68. The smallest absolute Gasteiger partial charge is 0.243 e. The first-order valence-electron chi connectivity index (χ1n) is 8.98. The highest BCUT2D eigenvalue weighted by molar-refractivity contribution is 6.29. The molecular weight excluding hydrogens is 344 g/mol. The summed E-state index contributed by atoms with van der Waals surface area (Å²) in [7, 11) is 0.